The maximum atomic E-state index is 9.80. The first-order valence-corrected chi connectivity index (χ1v) is 4.30. The molecule has 0 aliphatic rings. The number of oxime groups is 1. The highest BCUT2D eigenvalue weighted by molar-refractivity contribution is 6.01. The van der Waals surface area contributed by atoms with Crippen molar-refractivity contribution in [1.29, 1.82) is 0 Å². The lowest BCUT2D eigenvalue weighted by molar-refractivity contribution is 0.205. The maximum Gasteiger partial charge on any atom is 0.160 e. The quantitative estimate of drug-likeness (QED) is 0.456. The molecule has 0 aromatic carbocycles. The van der Waals surface area contributed by atoms with Crippen molar-refractivity contribution in [2.75, 3.05) is 0 Å². The highest BCUT2D eigenvalue weighted by Crippen LogP contribution is 2.19. The summed E-state index contributed by atoms with van der Waals surface area (Å²) >= 11 is 0. The minimum Gasteiger partial charge on any atom is -0.466 e. The topological polar surface area (TPSA) is 79.1 Å². The fourth-order valence-electron chi connectivity index (χ4n) is 1.24. The SMILES string of the molecule is O/N=C(\c1ccco1)[C@@H](O)c1ccco1. The summed E-state index contributed by atoms with van der Waals surface area (Å²) in [6, 6.07) is 6.44. The van der Waals surface area contributed by atoms with Crippen LogP contribution in [0.3, 0.4) is 0 Å². The Morgan fingerprint density at radius 3 is 2.47 bits per heavy atom. The van der Waals surface area contributed by atoms with Gasteiger partial charge >= 0.3 is 0 Å². The van der Waals surface area contributed by atoms with Crippen LogP contribution in [0.4, 0.5) is 0 Å². The van der Waals surface area contributed by atoms with E-state index in [-0.39, 0.29) is 5.71 Å². The van der Waals surface area contributed by atoms with Crippen molar-refractivity contribution in [1.82, 2.24) is 0 Å². The Balaban J connectivity index is 2.30. The molecule has 2 N–H and O–H groups in total. The Labute approximate surface area is 85.2 Å². The second-order valence-electron chi connectivity index (χ2n) is 2.88. The zero-order valence-electron chi connectivity index (χ0n) is 7.70. The molecule has 2 aromatic heterocycles. The van der Waals surface area contributed by atoms with Gasteiger partial charge in [0.1, 0.15) is 5.76 Å². The maximum absolute atomic E-state index is 9.80. The van der Waals surface area contributed by atoms with Gasteiger partial charge in [-0.15, -0.1) is 0 Å². The molecular formula is C10H9NO4. The van der Waals surface area contributed by atoms with Crippen molar-refractivity contribution >= 4 is 5.71 Å². The third kappa shape index (κ3) is 1.77. The zero-order valence-corrected chi connectivity index (χ0v) is 7.70. The van der Waals surface area contributed by atoms with E-state index >= 15 is 0 Å². The van der Waals surface area contributed by atoms with Crippen LogP contribution in [0, 0.1) is 0 Å². The second kappa shape index (κ2) is 4.02. The Morgan fingerprint density at radius 1 is 1.20 bits per heavy atom. The summed E-state index contributed by atoms with van der Waals surface area (Å²) in [7, 11) is 0. The first-order valence-electron chi connectivity index (χ1n) is 4.30. The molecule has 15 heavy (non-hydrogen) atoms. The van der Waals surface area contributed by atoms with E-state index in [0.717, 1.165) is 0 Å². The number of furan rings is 2. The van der Waals surface area contributed by atoms with Gasteiger partial charge in [-0.1, -0.05) is 5.16 Å². The summed E-state index contributed by atoms with van der Waals surface area (Å²) in [6.45, 7) is 0. The van der Waals surface area contributed by atoms with Gasteiger partial charge in [0.25, 0.3) is 0 Å². The van der Waals surface area contributed by atoms with E-state index in [1.807, 2.05) is 0 Å². The van der Waals surface area contributed by atoms with Gasteiger partial charge in [-0.2, -0.15) is 0 Å². The smallest absolute Gasteiger partial charge is 0.160 e. The standard InChI is InChI=1S/C10H9NO4/c12-10(8-4-2-6-15-8)9(11-13)7-3-1-5-14-7/h1-6,10,12-13H/b11-9+/t10-/m0/s1. The van der Waals surface area contributed by atoms with Crippen LogP contribution in [0.5, 0.6) is 0 Å². The molecule has 0 aliphatic carbocycles. The lowest BCUT2D eigenvalue weighted by Gasteiger charge is -2.06. The summed E-state index contributed by atoms with van der Waals surface area (Å²) in [6.07, 6.45) is 1.71. The summed E-state index contributed by atoms with van der Waals surface area (Å²) in [4.78, 5) is 0. The van der Waals surface area contributed by atoms with E-state index in [2.05, 4.69) is 5.16 Å². The normalized spacial score (nSPS) is 14.1. The molecule has 5 heteroatoms. The molecule has 2 aromatic rings. The number of hydrogen-bond acceptors (Lipinski definition) is 5. The molecule has 0 aliphatic heterocycles. The number of rotatable bonds is 3. The molecule has 0 bridgehead atoms. The summed E-state index contributed by atoms with van der Waals surface area (Å²) in [5.41, 5.74) is 0.00921. The Morgan fingerprint density at radius 2 is 1.93 bits per heavy atom. The van der Waals surface area contributed by atoms with E-state index in [9.17, 15) is 5.11 Å². The summed E-state index contributed by atoms with van der Waals surface area (Å²) in [5, 5.41) is 21.6. The molecule has 0 amide bonds. The number of aliphatic hydroxyl groups excluding tert-OH is 1. The first kappa shape index (κ1) is 9.54. The van der Waals surface area contributed by atoms with Crippen molar-refractivity contribution < 1.29 is 19.1 Å². The van der Waals surface area contributed by atoms with Crippen LogP contribution < -0.4 is 0 Å². The largest absolute Gasteiger partial charge is 0.466 e. The summed E-state index contributed by atoms with van der Waals surface area (Å²) < 4.78 is 10.0. The van der Waals surface area contributed by atoms with Crippen molar-refractivity contribution in [2.45, 2.75) is 6.10 Å². The molecule has 0 saturated carbocycles. The fraction of sp³-hybridized carbons (Fsp3) is 0.100. The molecule has 5 nitrogen and oxygen atoms in total. The Hall–Kier alpha value is -2.01. The van der Waals surface area contributed by atoms with Crippen LogP contribution in [0.25, 0.3) is 0 Å². The molecule has 0 radical (unpaired) electrons. The number of nitrogens with zero attached hydrogens (tertiary/aromatic N) is 1. The lowest BCUT2D eigenvalue weighted by atomic mass is 10.1. The molecule has 0 fully saturated rings. The lowest BCUT2D eigenvalue weighted by Crippen LogP contribution is -2.12. The third-order valence-corrected chi connectivity index (χ3v) is 1.95. The van der Waals surface area contributed by atoms with Gasteiger partial charge in [0, 0.05) is 0 Å². The van der Waals surface area contributed by atoms with Gasteiger partial charge in [-0.05, 0) is 24.3 Å². The average molecular weight is 207 g/mol. The van der Waals surface area contributed by atoms with E-state index in [0.29, 0.717) is 11.5 Å². The number of hydrogen-bond donors (Lipinski definition) is 2. The first-order chi connectivity index (χ1) is 7.33. The van der Waals surface area contributed by atoms with Crippen molar-refractivity contribution in [3.05, 3.63) is 48.3 Å². The van der Waals surface area contributed by atoms with Gasteiger partial charge in [-0.25, -0.2) is 0 Å². The van der Waals surface area contributed by atoms with Gasteiger partial charge in [0.15, 0.2) is 17.6 Å². The van der Waals surface area contributed by atoms with E-state index in [1.165, 1.54) is 12.5 Å². The van der Waals surface area contributed by atoms with E-state index in [1.54, 1.807) is 24.3 Å². The number of aliphatic hydroxyl groups is 1. The minimum absolute atomic E-state index is 0.00921. The predicted octanol–water partition coefficient (Wildman–Crippen LogP) is 1.78. The molecule has 1 atom stereocenters. The predicted molar refractivity (Wildman–Crippen MR) is 50.7 cm³/mol. The van der Waals surface area contributed by atoms with Crippen molar-refractivity contribution in [3.8, 4) is 0 Å². The molecule has 0 unspecified atom stereocenters. The fourth-order valence-corrected chi connectivity index (χ4v) is 1.24. The van der Waals surface area contributed by atoms with Crippen LogP contribution in [-0.2, 0) is 0 Å². The molecule has 78 valence electrons. The van der Waals surface area contributed by atoms with Gasteiger partial charge in [-0.3, -0.25) is 0 Å². The van der Waals surface area contributed by atoms with Crippen molar-refractivity contribution in [3.63, 3.8) is 0 Å². The van der Waals surface area contributed by atoms with Crippen LogP contribution >= 0.6 is 0 Å². The highest BCUT2D eigenvalue weighted by atomic mass is 16.4. The van der Waals surface area contributed by atoms with Gasteiger partial charge in [0.2, 0.25) is 0 Å². The molecule has 2 rings (SSSR count). The third-order valence-electron chi connectivity index (χ3n) is 1.95. The molecule has 0 spiro atoms. The average Bonchev–Trinajstić information content (AvgIpc) is 2.91. The van der Waals surface area contributed by atoms with Crippen LogP contribution in [0.1, 0.15) is 17.6 Å². The van der Waals surface area contributed by atoms with Crippen molar-refractivity contribution in [2.24, 2.45) is 5.16 Å². The van der Waals surface area contributed by atoms with Crippen LogP contribution in [0.2, 0.25) is 0 Å². The molecule has 0 saturated heterocycles. The monoisotopic (exact) mass is 207 g/mol. The van der Waals surface area contributed by atoms with E-state index in [4.69, 9.17) is 14.0 Å². The minimum atomic E-state index is -1.14. The van der Waals surface area contributed by atoms with Gasteiger partial charge < -0.3 is 19.1 Å². The Kier molecular flexibility index (Phi) is 2.55. The second-order valence-corrected chi connectivity index (χ2v) is 2.88. The molecule has 2 heterocycles. The summed E-state index contributed by atoms with van der Waals surface area (Å²) in [5.74, 6) is 0.584. The highest BCUT2D eigenvalue weighted by Gasteiger charge is 2.22. The Bertz CT molecular complexity index is 430. The van der Waals surface area contributed by atoms with E-state index < -0.39 is 6.10 Å². The van der Waals surface area contributed by atoms with Crippen LogP contribution in [0.15, 0.2) is 50.8 Å². The zero-order chi connectivity index (χ0) is 10.7. The van der Waals surface area contributed by atoms with Gasteiger partial charge in [0.05, 0.1) is 12.5 Å². The molecular weight excluding hydrogens is 198 g/mol. The van der Waals surface area contributed by atoms with Crippen LogP contribution in [-0.4, -0.2) is 16.0 Å².